The molecule has 8 nitrogen and oxygen atoms in total. The minimum atomic E-state index is -4.79. The Morgan fingerprint density at radius 1 is 0.939 bits per heavy atom. The van der Waals surface area contributed by atoms with Crippen LogP contribution in [-0.4, -0.2) is 28.3 Å². The fourth-order valence-electron chi connectivity index (χ4n) is 3.26. The topological polar surface area (TPSA) is 122 Å². The van der Waals surface area contributed by atoms with Gasteiger partial charge in [0.25, 0.3) is 5.91 Å². The van der Waals surface area contributed by atoms with Crippen LogP contribution >= 0.6 is 0 Å². The van der Waals surface area contributed by atoms with Gasteiger partial charge in [0.05, 0.1) is 0 Å². The number of primary amides is 1. The van der Waals surface area contributed by atoms with Crippen LogP contribution in [0.15, 0.2) is 66.9 Å². The number of fused-ring (bicyclic) bond motifs is 1. The minimum Gasteiger partial charge on any atom is -0.406 e. The lowest BCUT2D eigenvalue weighted by Gasteiger charge is -2.11. The van der Waals surface area contributed by atoms with Gasteiger partial charge in [0, 0.05) is 28.5 Å². The number of nitrogens with two attached hydrogens (primary N) is 1. The van der Waals surface area contributed by atoms with E-state index in [0.29, 0.717) is 22.5 Å². The molecule has 2 aromatic heterocycles. The summed E-state index contributed by atoms with van der Waals surface area (Å²) in [6, 6.07) is 14.4. The van der Waals surface area contributed by atoms with E-state index in [1.807, 2.05) is 6.07 Å². The predicted molar refractivity (Wildman–Crippen MR) is 116 cm³/mol. The third kappa shape index (κ3) is 5.03. The Morgan fingerprint density at radius 3 is 2.12 bits per heavy atom. The first kappa shape index (κ1) is 21.7. The largest absolute Gasteiger partial charge is 0.573 e. The molecule has 3 amide bonds. The van der Waals surface area contributed by atoms with Gasteiger partial charge in [0.1, 0.15) is 17.1 Å². The molecule has 5 N–H and O–H groups in total. The van der Waals surface area contributed by atoms with Gasteiger partial charge in [-0.05, 0) is 54.1 Å². The lowest BCUT2D eigenvalue weighted by molar-refractivity contribution is -0.274. The van der Waals surface area contributed by atoms with Gasteiger partial charge in [0.15, 0.2) is 0 Å². The third-order valence-corrected chi connectivity index (χ3v) is 4.59. The first-order valence-electron chi connectivity index (χ1n) is 9.50. The van der Waals surface area contributed by atoms with Gasteiger partial charge in [-0.2, -0.15) is 0 Å². The van der Waals surface area contributed by atoms with Crippen LogP contribution in [0.4, 0.5) is 29.3 Å². The molecule has 168 valence electrons. The number of amides is 3. The summed E-state index contributed by atoms with van der Waals surface area (Å²) in [6.07, 6.45) is -3.20. The highest BCUT2D eigenvalue weighted by Gasteiger charge is 2.31. The number of rotatable bonds is 5. The predicted octanol–water partition coefficient (Wildman–Crippen LogP) is 4.87. The SMILES string of the molecule is NC(=O)c1[nH]c2ncccc2c1-c1ccc(NC(=O)Nc2ccc(OC(F)(F)F)cc2)cc1. The molecule has 0 aliphatic carbocycles. The molecule has 0 radical (unpaired) electrons. The second kappa shape index (κ2) is 8.54. The number of urea groups is 1. The van der Waals surface area contributed by atoms with Crippen LogP contribution in [0.1, 0.15) is 10.5 Å². The standard InChI is InChI=1S/C22H16F3N5O3/c23-22(24,25)33-15-9-7-14(8-10-15)29-21(32)28-13-5-3-12(4-6-13)17-16-2-1-11-27-20(16)30-18(17)19(26)31/h1-11H,(H2,26,31)(H,27,30)(H2,28,29,32). The van der Waals surface area contributed by atoms with Crippen molar-refractivity contribution in [3.05, 3.63) is 72.6 Å². The Labute approximate surface area is 184 Å². The first-order valence-corrected chi connectivity index (χ1v) is 9.50. The summed E-state index contributed by atoms with van der Waals surface area (Å²) >= 11 is 0. The Balaban J connectivity index is 1.46. The van der Waals surface area contributed by atoms with Crippen molar-refractivity contribution >= 4 is 34.3 Å². The molecule has 0 aliphatic rings. The van der Waals surface area contributed by atoms with Gasteiger partial charge >= 0.3 is 12.4 Å². The van der Waals surface area contributed by atoms with E-state index in [1.54, 1.807) is 36.5 Å². The van der Waals surface area contributed by atoms with Crippen LogP contribution in [0.25, 0.3) is 22.2 Å². The molecule has 0 unspecified atom stereocenters. The number of ether oxygens (including phenoxy) is 1. The van der Waals surface area contributed by atoms with Crippen LogP contribution in [0, 0.1) is 0 Å². The molecule has 33 heavy (non-hydrogen) atoms. The summed E-state index contributed by atoms with van der Waals surface area (Å²) < 4.78 is 40.4. The number of hydrogen-bond donors (Lipinski definition) is 4. The number of benzene rings is 2. The van der Waals surface area contributed by atoms with Crippen molar-refractivity contribution in [1.29, 1.82) is 0 Å². The lowest BCUT2D eigenvalue weighted by Crippen LogP contribution is -2.19. The Kier molecular flexibility index (Phi) is 5.61. The number of pyridine rings is 1. The maximum Gasteiger partial charge on any atom is 0.573 e. The first-order chi connectivity index (χ1) is 15.7. The average Bonchev–Trinajstić information content (AvgIpc) is 3.15. The number of halogens is 3. The van der Waals surface area contributed by atoms with Crippen LogP contribution in [-0.2, 0) is 0 Å². The van der Waals surface area contributed by atoms with Crippen LogP contribution in [0.5, 0.6) is 5.75 Å². The molecule has 4 aromatic rings. The quantitative estimate of drug-likeness (QED) is 0.343. The number of carbonyl (C=O) groups is 2. The molecule has 0 saturated heterocycles. The van der Waals surface area contributed by atoms with Crippen LogP contribution < -0.4 is 21.1 Å². The number of H-pyrrole nitrogens is 1. The lowest BCUT2D eigenvalue weighted by atomic mass is 10.0. The molecule has 0 spiro atoms. The van der Waals surface area contributed by atoms with E-state index in [4.69, 9.17) is 5.73 Å². The molecule has 2 heterocycles. The van der Waals surface area contributed by atoms with Gasteiger partial charge in [-0.3, -0.25) is 4.79 Å². The second-order valence-corrected chi connectivity index (χ2v) is 6.87. The fourth-order valence-corrected chi connectivity index (χ4v) is 3.26. The molecular weight excluding hydrogens is 439 g/mol. The zero-order chi connectivity index (χ0) is 23.6. The third-order valence-electron chi connectivity index (χ3n) is 4.59. The normalized spacial score (nSPS) is 11.2. The van der Waals surface area contributed by atoms with Crippen LogP contribution in [0.2, 0.25) is 0 Å². The number of alkyl halides is 3. The molecule has 0 fully saturated rings. The van der Waals surface area contributed by atoms with E-state index in [9.17, 15) is 22.8 Å². The van der Waals surface area contributed by atoms with E-state index < -0.39 is 24.1 Å². The zero-order valence-corrected chi connectivity index (χ0v) is 16.7. The number of hydrogen-bond acceptors (Lipinski definition) is 4. The fraction of sp³-hybridized carbons (Fsp3) is 0.0455. The highest BCUT2D eigenvalue weighted by Crippen LogP contribution is 2.32. The highest BCUT2D eigenvalue weighted by molar-refractivity contribution is 6.08. The van der Waals surface area contributed by atoms with E-state index in [1.165, 1.54) is 12.1 Å². The van der Waals surface area contributed by atoms with Gasteiger partial charge in [0.2, 0.25) is 0 Å². The molecule has 0 bridgehead atoms. The minimum absolute atomic E-state index is 0.222. The van der Waals surface area contributed by atoms with Gasteiger partial charge in [-0.15, -0.1) is 13.2 Å². The zero-order valence-electron chi connectivity index (χ0n) is 16.7. The summed E-state index contributed by atoms with van der Waals surface area (Å²) in [5, 5.41) is 5.85. The number of nitrogens with one attached hydrogen (secondary N) is 3. The maximum absolute atomic E-state index is 12.2. The second-order valence-electron chi connectivity index (χ2n) is 6.87. The summed E-state index contributed by atoms with van der Waals surface area (Å²) in [7, 11) is 0. The van der Waals surface area contributed by atoms with Crippen molar-refractivity contribution in [3.63, 3.8) is 0 Å². The van der Waals surface area contributed by atoms with Crippen molar-refractivity contribution in [2.24, 2.45) is 5.73 Å². The number of aromatic nitrogens is 2. The molecular formula is C22H16F3N5O3. The van der Waals surface area contributed by atoms with Crippen LogP contribution in [0.3, 0.4) is 0 Å². The number of nitrogens with zero attached hydrogens (tertiary/aromatic N) is 1. The van der Waals surface area contributed by atoms with E-state index in [0.717, 1.165) is 17.5 Å². The van der Waals surface area contributed by atoms with Crippen molar-refractivity contribution in [2.45, 2.75) is 6.36 Å². The molecule has 11 heteroatoms. The Hall–Kier alpha value is -4.54. The molecule has 4 rings (SSSR count). The van der Waals surface area contributed by atoms with E-state index in [-0.39, 0.29) is 11.4 Å². The van der Waals surface area contributed by atoms with Crippen molar-refractivity contribution < 1.29 is 27.5 Å². The van der Waals surface area contributed by atoms with E-state index >= 15 is 0 Å². The highest BCUT2D eigenvalue weighted by atomic mass is 19.4. The van der Waals surface area contributed by atoms with Gasteiger partial charge in [-0.1, -0.05) is 12.1 Å². The monoisotopic (exact) mass is 455 g/mol. The summed E-state index contributed by atoms with van der Waals surface area (Å²) in [5.74, 6) is -1.02. The van der Waals surface area contributed by atoms with Crippen molar-refractivity contribution in [3.8, 4) is 16.9 Å². The number of aromatic amines is 1. The van der Waals surface area contributed by atoms with Crippen molar-refractivity contribution in [1.82, 2.24) is 9.97 Å². The molecule has 2 aromatic carbocycles. The smallest absolute Gasteiger partial charge is 0.406 e. The number of anilines is 2. The summed E-state index contributed by atoms with van der Waals surface area (Å²) in [6.45, 7) is 0. The maximum atomic E-state index is 12.2. The van der Waals surface area contributed by atoms with Gasteiger partial charge < -0.3 is 26.1 Å². The average molecular weight is 455 g/mol. The number of carbonyl (C=O) groups excluding carboxylic acids is 2. The molecule has 0 saturated carbocycles. The molecule has 0 atom stereocenters. The summed E-state index contributed by atoms with van der Waals surface area (Å²) in [4.78, 5) is 31.2. The Bertz CT molecular complexity index is 1320. The van der Waals surface area contributed by atoms with Crippen molar-refractivity contribution in [2.75, 3.05) is 10.6 Å². The Morgan fingerprint density at radius 2 is 1.55 bits per heavy atom. The molecule has 0 aliphatic heterocycles. The van der Waals surface area contributed by atoms with Gasteiger partial charge in [-0.25, -0.2) is 9.78 Å². The van der Waals surface area contributed by atoms with E-state index in [2.05, 4.69) is 25.3 Å². The summed E-state index contributed by atoms with van der Waals surface area (Å²) in [5.41, 5.74) is 8.26.